The van der Waals surface area contributed by atoms with Gasteiger partial charge in [-0.15, -0.1) is 0 Å². The molecule has 9 heteroatoms. The minimum Gasteiger partial charge on any atom is -0.508 e. The SMILES string of the molecule is CC1(C(=O)O)C=Cc2cccc(O)c2N1.CC1(C(=O)O)C=Cc2cccc(O)c2N1.Oc1ccccc1. The lowest BCUT2D eigenvalue weighted by molar-refractivity contribution is -0.140. The Balaban J connectivity index is 0.000000165. The molecule has 0 saturated carbocycles. The van der Waals surface area contributed by atoms with Crippen molar-refractivity contribution in [3.8, 4) is 17.2 Å². The molecule has 3 aromatic carbocycles. The van der Waals surface area contributed by atoms with Crippen LogP contribution in [0.4, 0.5) is 11.4 Å². The molecule has 2 unspecified atom stereocenters. The number of phenolic OH excluding ortho intramolecular Hbond substituents is 3. The van der Waals surface area contributed by atoms with E-state index in [0.717, 1.165) is 11.1 Å². The zero-order chi connectivity index (χ0) is 27.2. The van der Waals surface area contributed by atoms with Gasteiger partial charge in [-0.2, -0.15) is 0 Å². The number of benzene rings is 3. The van der Waals surface area contributed by atoms with Gasteiger partial charge in [0, 0.05) is 11.1 Å². The van der Waals surface area contributed by atoms with E-state index in [1.54, 1.807) is 86.7 Å². The fraction of sp³-hybridized carbons (Fsp3) is 0.143. The zero-order valence-electron chi connectivity index (χ0n) is 20.2. The maximum absolute atomic E-state index is 11.0. The number of aliphatic carboxylic acids is 2. The molecule has 7 N–H and O–H groups in total. The monoisotopic (exact) mass is 504 g/mol. The van der Waals surface area contributed by atoms with Crippen molar-refractivity contribution in [3.05, 3.63) is 90.0 Å². The molecule has 3 aromatic rings. The van der Waals surface area contributed by atoms with Crippen LogP contribution in [0.3, 0.4) is 0 Å². The van der Waals surface area contributed by atoms with Crippen molar-refractivity contribution < 1.29 is 35.1 Å². The number of anilines is 2. The second kappa shape index (κ2) is 10.8. The Morgan fingerprint density at radius 2 is 1.03 bits per heavy atom. The van der Waals surface area contributed by atoms with Crippen molar-refractivity contribution >= 4 is 35.5 Å². The summed E-state index contributed by atoms with van der Waals surface area (Å²) in [4.78, 5) is 22.0. The third kappa shape index (κ3) is 6.21. The highest BCUT2D eigenvalue weighted by Gasteiger charge is 2.34. The molecule has 9 nitrogen and oxygen atoms in total. The summed E-state index contributed by atoms with van der Waals surface area (Å²) < 4.78 is 0. The molecule has 2 aliphatic heterocycles. The van der Waals surface area contributed by atoms with E-state index in [1.165, 1.54) is 12.1 Å². The number of carbonyl (C=O) groups is 2. The molecule has 2 aliphatic rings. The van der Waals surface area contributed by atoms with Crippen molar-refractivity contribution in [2.75, 3.05) is 10.6 Å². The van der Waals surface area contributed by atoms with Gasteiger partial charge in [-0.05, 0) is 50.3 Å². The molecule has 0 aromatic heterocycles. The Labute approximate surface area is 213 Å². The maximum atomic E-state index is 11.0. The number of nitrogens with one attached hydrogen (secondary N) is 2. The Morgan fingerprint density at radius 3 is 1.35 bits per heavy atom. The zero-order valence-corrected chi connectivity index (χ0v) is 20.2. The predicted molar refractivity (Wildman–Crippen MR) is 142 cm³/mol. The quantitative estimate of drug-likeness (QED) is 0.245. The van der Waals surface area contributed by atoms with Crippen LogP contribution in [0.2, 0.25) is 0 Å². The number of hydrogen-bond donors (Lipinski definition) is 7. The van der Waals surface area contributed by atoms with Crippen molar-refractivity contribution in [2.24, 2.45) is 0 Å². The lowest BCUT2D eigenvalue weighted by atomic mass is 9.94. The summed E-state index contributed by atoms with van der Waals surface area (Å²) in [6, 6.07) is 18.8. The van der Waals surface area contributed by atoms with Crippen LogP contribution in [0.25, 0.3) is 12.2 Å². The van der Waals surface area contributed by atoms with Crippen molar-refractivity contribution in [1.82, 2.24) is 0 Å². The van der Waals surface area contributed by atoms with Crippen LogP contribution >= 0.6 is 0 Å². The summed E-state index contributed by atoms with van der Waals surface area (Å²) in [5.41, 5.74) is 0.176. The molecule has 2 atom stereocenters. The number of carboxylic acids is 2. The number of phenols is 3. The van der Waals surface area contributed by atoms with E-state index in [4.69, 9.17) is 15.3 Å². The second-order valence-electron chi connectivity index (χ2n) is 8.75. The van der Waals surface area contributed by atoms with Crippen LogP contribution in [0.1, 0.15) is 25.0 Å². The van der Waals surface area contributed by atoms with Crippen molar-refractivity contribution in [1.29, 1.82) is 0 Å². The molecule has 0 radical (unpaired) electrons. The first kappa shape index (κ1) is 26.7. The summed E-state index contributed by atoms with van der Waals surface area (Å²) in [5, 5.41) is 51.4. The molecule has 0 amide bonds. The van der Waals surface area contributed by atoms with Gasteiger partial charge in [-0.3, -0.25) is 0 Å². The summed E-state index contributed by atoms with van der Waals surface area (Å²) in [6.45, 7) is 3.09. The Hall–Kier alpha value is -4.92. The van der Waals surface area contributed by atoms with Crippen molar-refractivity contribution in [3.63, 3.8) is 0 Å². The number of aromatic hydroxyl groups is 3. The van der Waals surface area contributed by atoms with Gasteiger partial charge in [0.15, 0.2) is 11.1 Å². The molecule has 192 valence electrons. The fourth-order valence-corrected chi connectivity index (χ4v) is 3.46. The minimum atomic E-state index is -1.16. The second-order valence-corrected chi connectivity index (χ2v) is 8.75. The lowest BCUT2D eigenvalue weighted by Gasteiger charge is -2.28. The first-order valence-electron chi connectivity index (χ1n) is 11.2. The number of para-hydroxylation sites is 3. The van der Waals surface area contributed by atoms with Gasteiger partial charge in [0.05, 0.1) is 11.4 Å². The van der Waals surface area contributed by atoms with Gasteiger partial charge in [0.25, 0.3) is 0 Å². The van der Waals surface area contributed by atoms with E-state index in [0.29, 0.717) is 17.1 Å². The Kier molecular flexibility index (Phi) is 7.77. The Morgan fingerprint density at radius 1 is 0.622 bits per heavy atom. The highest BCUT2D eigenvalue weighted by atomic mass is 16.4. The van der Waals surface area contributed by atoms with Crippen LogP contribution < -0.4 is 10.6 Å². The predicted octanol–water partition coefficient (Wildman–Crippen LogP) is 4.74. The summed E-state index contributed by atoms with van der Waals surface area (Å²) in [7, 11) is 0. The van der Waals surface area contributed by atoms with Crippen LogP contribution in [-0.4, -0.2) is 48.5 Å². The van der Waals surface area contributed by atoms with E-state index < -0.39 is 23.0 Å². The highest BCUT2D eigenvalue weighted by Crippen LogP contribution is 2.36. The molecule has 0 aliphatic carbocycles. The van der Waals surface area contributed by atoms with Crippen LogP contribution in [-0.2, 0) is 9.59 Å². The summed E-state index contributed by atoms with van der Waals surface area (Å²) >= 11 is 0. The summed E-state index contributed by atoms with van der Waals surface area (Å²) in [5.74, 6) is -1.52. The first-order chi connectivity index (χ1) is 17.4. The molecular weight excluding hydrogens is 476 g/mol. The van der Waals surface area contributed by atoms with Crippen LogP contribution in [0.15, 0.2) is 78.9 Å². The fourth-order valence-electron chi connectivity index (χ4n) is 3.46. The maximum Gasteiger partial charge on any atom is 0.333 e. The molecular formula is C28H28N2O7. The van der Waals surface area contributed by atoms with Gasteiger partial charge >= 0.3 is 11.9 Å². The highest BCUT2D eigenvalue weighted by molar-refractivity contribution is 5.92. The van der Waals surface area contributed by atoms with E-state index in [2.05, 4.69) is 10.6 Å². The summed E-state index contributed by atoms with van der Waals surface area (Å²) in [6.07, 6.45) is 6.52. The molecule has 2 heterocycles. The standard InChI is InChI=1S/2C11H11NO3.C6H6O/c2*1-11(10(14)15)6-5-7-3-2-4-8(13)9(7)12-11;7-6-4-2-1-3-5-6/h2*2-6,12-13H,1H3,(H,14,15);1-5,7H. The molecule has 0 spiro atoms. The number of hydrogen-bond acceptors (Lipinski definition) is 7. The number of fused-ring (bicyclic) bond motifs is 2. The molecule has 37 heavy (non-hydrogen) atoms. The first-order valence-corrected chi connectivity index (χ1v) is 11.2. The van der Waals surface area contributed by atoms with E-state index in [1.807, 2.05) is 6.07 Å². The topological polar surface area (TPSA) is 159 Å². The van der Waals surface area contributed by atoms with Gasteiger partial charge in [0.1, 0.15) is 17.2 Å². The molecule has 0 saturated heterocycles. The number of rotatable bonds is 2. The van der Waals surface area contributed by atoms with Crippen LogP contribution in [0, 0.1) is 0 Å². The smallest absolute Gasteiger partial charge is 0.333 e. The molecule has 5 rings (SSSR count). The third-order valence-corrected chi connectivity index (χ3v) is 5.76. The van der Waals surface area contributed by atoms with Gasteiger partial charge in [0.2, 0.25) is 0 Å². The van der Waals surface area contributed by atoms with E-state index in [9.17, 15) is 19.8 Å². The van der Waals surface area contributed by atoms with Gasteiger partial charge < -0.3 is 36.2 Å². The third-order valence-electron chi connectivity index (χ3n) is 5.76. The van der Waals surface area contributed by atoms with Crippen molar-refractivity contribution in [2.45, 2.75) is 24.9 Å². The van der Waals surface area contributed by atoms with E-state index >= 15 is 0 Å². The largest absolute Gasteiger partial charge is 0.508 e. The lowest BCUT2D eigenvalue weighted by Crippen LogP contribution is -2.42. The van der Waals surface area contributed by atoms with Gasteiger partial charge in [-0.1, -0.05) is 54.6 Å². The average molecular weight is 505 g/mol. The normalized spacial score (nSPS) is 20.3. The molecule has 0 fully saturated rings. The van der Waals surface area contributed by atoms with E-state index in [-0.39, 0.29) is 11.5 Å². The Bertz CT molecular complexity index is 1270. The minimum absolute atomic E-state index is 0.0596. The average Bonchev–Trinajstić information content (AvgIpc) is 2.86. The van der Waals surface area contributed by atoms with Crippen LogP contribution in [0.5, 0.6) is 17.2 Å². The molecule has 0 bridgehead atoms. The van der Waals surface area contributed by atoms with Gasteiger partial charge in [-0.25, -0.2) is 9.59 Å². The number of carboxylic acid groups (broad SMARTS) is 2.